The molecule has 2 unspecified atom stereocenters. The van der Waals surface area contributed by atoms with Crippen LogP contribution in [0.3, 0.4) is 0 Å². The molecular weight excluding hydrogens is 284 g/mol. The summed E-state index contributed by atoms with van der Waals surface area (Å²) in [6, 6.07) is 0. The van der Waals surface area contributed by atoms with Gasteiger partial charge in [-0.3, -0.25) is 0 Å². The fourth-order valence-corrected chi connectivity index (χ4v) is 2.18. The molecule has 0 heterocycles. The molecule has 134 valence electrons. The first-order valence-electron chi connectivity index (χ1n) is 8.83. The summed E-state index contributed by atoms with van der Waals surface area (Å²) in [7, 11) is 0. The lowest BCUT2D eigenvalue weighted by Gasteiger charge is -2.13. The first-order chi connectivity index (χ1) is 10.7. The summed E-state index contributed by atoms with van der Waals surface area (Å²) in [5.74, 6) is 0. The van der Waals surface area contributed by atoms with Crippen molar-refractivity contribution in [2.75, 3.05) is 33.0 Å². The molecule has 0 aliphatic heterocycles. The summed E-state index contributed by atoms with van der Waals surface area (Å²) in [6.45, 7) is 2.99. The molecule has 0 radical (unpaired) electrons. The van der Waals surface area contributed by atoms with Crippen LogP contribution in [-0.2, 0) is 9.47 Å². The molecule has 5 nitrogen and oxygen atoms in total. The predicted molar refractivity (Wildman–Crippen MR) is 88.0 cm³/mol. The standard InChI is InChI=1S/C17H36O5/c1-2-3-4-5-6-7-8-9-10-11-21-14-17(20)15-22-13-16(19)12-18/h16-20H,2-15H2,1H3. The van der Waals surface area contributed by atoms with Crippen molar-refractivity contribution in [2.45, 2.75) is 76.9 Å². The third kappa shape index (κ3) is 16.2. The first kappa shape index (κ1) is 21.8. The van der Waals surface area contributed by atoms with Gasteiger partial charge < -0.3 is 24.8 Å². The van der Waals surface area contributed by atoms with Crippen LogP contribution in [0.5, 0.6) is 0 Å². The van der Waals surface area contributed by atoms with Crippen LogP contribution in [-0.4, -0.2) is 60.6 Å². The van der Waals surface area contributed by atoms with Crippen molar-refractivity contribution in [3.05, 3.63) is 0 Å². The molecule has 0 saturated carbocycles. The molecule has 0 aliphatic rings. The second-order valence-corrected chi connectivity index (χ2v) is 5.93. The zero-order valence-electron chi connectivity index (χ0n) is 14.2. The molecule has 0 fully saturated rings. The normalized spacial score (nSPS) is 14.2. The van der Waals surface area contributed by atoms with Gasteiger partial charge in [0.05, 0.1) is 26.4 Å². The smallest absolute Gasteiger partial charge is 0.101 e. The molecule has 0 rings (SSSR count). The third-order valence-electron chi connectivity index (χ3n) is 3.53. The van der Waals surface area contributed by atoms with E-state index in [1.165, 1.54) is 51.4 Å². The fourth-order valence-electron chi connectivity index (χ4n) is 2.18. The van der Waals surface area contributed by atoms with E-state index < -0.39 is 12.2 Å². The second-order valence-electron chi connectivity index (χ2n) is 5.93. The quantitative estimate of drug-likeness (QED) is 0.358. The Bertz CT molecular complexity index is 213. The molecule has 0 amide bonds. The topological polar surface area (TPSA) is 79.2 Å². The molecule has 0 aromatic rings. The van der Waals surface area contributed by atoms with E-state index >= 15 is 0 Å². The van der Waals surface area contributed by atoms with Crippen LogP contribution >= 0.6 is 0 Å². The minimum Gasteiger partial charge on any atom is -0.394 e. The van der Waals surface area contributed by atoms with Gasteiger partial charge >= 0.3 is 0 Å². The molecule has 0 aliphatic carbocycles. The fraction of sp³-hybridized carbons (Fsp3) is 1.00. The Morgan fingerprint density at radius 1 is 0.682 bits per heavy atom. The van der Waals surface area contributed by atoms with Gasteiger partial charge in [-0.05, 0) is 6.42 Å². The molecule has 0 bridgehead atoms. The molecule has 5 heteroatoms. The van der Waals surface area contributed by atoms with Gasteiger partial charge in [0.1, 0.15) is 12.2 Å². The molecule has 3 N–H and O–H groups in total. The zero-order chi connectivity index (χ0) is 16.5. The number of aliphatic hydroxyl groups excluding tert-OH is 3. The maximum absolute atomic E-state index is 9.58. The van der Waals surface area contributed by atoms with E-state index in [0.717, 1.165) is 6.42 Å². The first-order valence-corrected chi connectivity index (χ1v) is 8.83. The second kappa shape index (κ2) is 17.2. The zero-order valence-corrected chi connectivity index (χ0v) is 14.2. The van der Waals surface area contributed by atoms with Crippen molar-refractivity contribution in [1.82, 2.24) is 0 Å². The lowest BCUT2D eigenvalue weighted by molar-refractivity contribution is -0.0481. The third-order valence-corrected chi connectivity index (χ3v) is 3.53. The van der Waals surface area contributed by atoms with Gasteiger partial charge in [0.2, 0.25) is 0 Å². The van der Waals surface area contributed by atoms with Crippen LogP contribution < -0.4 is 0 Å². The number of ether oxygens (including phenoxy) is 2. The van der Waals surface area contributed by atoms with E-state index in [1.807, 2.05) is 0 Å². The van der Waals surface area contributed by atoms with Crippen molar-refractivity contribution in [1.29, 1.82) is 0 Å². The molecular formula is C17H36O5. The van der Waals surface area contributed by atoms with Crippen LogP contribution in [0.4, 0.5) is 0 Å². The molecule has 0 saturated heterocycles. The van der Waals surface area contributed by atoms with E-state index in [4.69, 9.17) is 19.7 Å². The summed E-state index contributed by atoms with van der Waals surface area (Å²) >= 11 is 0. The molecule has 22 heavy (non-hydrogen) atoms. The van der Waals surface area contributed by atoms with Gasteiger partial charge in [-0.15, -0.1) is 0 Å². The average Bonchev–Trinajstić information content (AvgIpc) is 2.52. The maximum Gasteiger partial charge on any atom is 0.101 e. The Labute approximate surface area is 135 Å². The highest BCUT2D eigenvalue weighted by atomic mass is 16.5. The number of unbranched alkanes of at least 4 members (excludes halogenated alkanes) is 8. The van der Waals surface area contributed by atoms with Crippen molar-refractivity contribution in [3.63, 3.8) is 0 Å². The Kier molecular flexibility index (Phi) is 17.0. The van der Waals surface area contributed by atoms with Gasteiger partial charge in [0.15, 0.2) is 0 Å². The molecule has 2 atom stereocenters. The number of hydrogen-bond donors (Lipinski definition) is 3. The highest BCUT2D eigenvalue weighted by Crippen LogP contribution is 2.09. The highest BCUT2D eigenvalue weighted by Gasteiger charge is 2.07. The van der Waals surface area contributed by atoms with Crippen molar-refractivity contribution in [2.24, 2.45) is 0 Å². The summed E-state index contributed by atoms with van der Waals surface area (Å²) in [5.41, 5.74) is 0. The minimum atomic E-state index is -0.880. The molecule has 0 aromatic heterocycles. The number of rotatable bonds is 17. The molecule has 0 spiro atoms. The lowest BCUT2D eigenvalue weighted by Crippen LogP contribution is -2.26. The summed E-state index contributed by atoms with van der Waals surface area (Å²) in [4.78, 5) is 0. The predicted octanol–water partition coefficient (Wildman–Crippen LogP) is 2.26. The monoisotopic (exact) mass is 320 g/mol. The van der Waals surface area contributed by atoms with Crippen LogP contribution in [0, 0.1) is 0 Å². The Morgan fingerprint density at radius 3 is 1.77 bits per heavy atom. The Hall–Kier alpha value is -0.200. The maximum atomic E-state index is 9.58. The van der Waals surface area contributed by atoms with Gasteiger partial charge in [0.25, 0.3) is 0 Å². The SMILES string of the molecule is CCCCCCCCCCCOCC(O)COCC(O)CO. The van der Waals surface area contributed by atoms with Crippen molar-refractivity contribution in [3.8, 4) is 0 Å². The van der Waals surface area contributed by atoms with Crippen LogP contribution in [0.25, 0.3) is 0 Å². The van der Waals surface area contributed by atoms with E-state index in [2.05, 4.69) is 6.92 Å². The van der Waals surface area contributed by atoms with E-state index in [-0.39, 0.29) is 26.4 Å². The lowest BCUT2D eigenvalue weighted by atomic mass is 10.1. The van der Waals surface area contributed by atoms with Crippen LogP contribution in [0.1, 0.15) is 64.7 Å². The van der Waals surface area contributed by atoms with E-state index in [9.17, 15) is 5.11 Å². The largest absolute Gasteiger partial charge is 0.394 e. The van der Waals surface area contributed by atoms with Gasteiger partial charge in [-0.2, -0.15) is 0 Å². The number of hydrogen-bond acceptors (Lipinski definition) is 5. The van der Waals surface area contributed by atoms with Gasteiger partial charge in [0, 0.05) is 6.61 Å². The highest BCUT2D eigenvalue weighted by molar-refractivity contribution is 4.55. The van der Waals surface area contributed by atoms with E-state index in [1.54, 1.807) is 0 Å². The Balaban J connectivity index is 3.15. The van der Waals surface area contributed by atoms with Gasteiger partial charge in [-0.1, -0.05) is 58.3 Å². The molecule has 0 aromatic carbocycles. The van der Waals surface area contributed by atoms with Gasteiger partial charge in [-0.25, -0.2) is 0 Å². The summed E-state index contributed by atoms with van der Waals surface area (Å²) < 4.78 is 10.5. The minimum absolute atomic E-state index is 0.0335. The number of aliphatic hydroxyl groups is 3. The van der Waals surface area contributed by atoms with E-state index in [0.29, 0.717) is 6.61 Å². The van der Waals surface area contributed by atoms with Crippen LogP contribution in [0.15, 0.2) is 0 Å². The van der Waals surface area contributed by atoms with Crippen molar-refractivity contribution >= 4 is 0 Å². The average molecular weight is 320 g/mol. The summed E-state index contributed by atoms with van der Waals surface area (Å²) in [6.07, 6.45) is 9.98. The van der Waals surface area contributed by atoms with Crippen LogP contribution in [0.2, 0.25) is 0 Å². The van der Waals surface area contributed by atoms with Crippen molar-refractivity contribution < 1.29 is 24.8 Å². The summed E-state index contributed by atoms with van der Waals surface area (Å²) in [5, 5.41) is 27.2. The Morgan fingerprint density at radius 2 is 1.18 bits per heavy atom.